The summed E-state index contributed by atoms with van der Waals surface area (Å²) < 4.78 is 5.40. The van der Waals surface area contributed by atoms with Gasteiger partial charge in [-0.2, -0.15) is 0 Å². The maximum Gasteiger partial charge on any atom is 0.0682 e. The van der Waals surface area contributed by atoms with Crippen LogP contribution in [0.1, 0.15) is 40.0 Å². The van der Waals surface area contributed by atoms with Crippen LogP contribution in [0.25, 0.3) is 0 Å². The molecule has 2 heterocycles. The lowest BCUT2D eigenvalue weighted by Gasteiger charge is -2.57. The zero-order valence-corrected chi connectivity index (χ0v) is 9.10. The minimum atomic E-state index is 0.310. The Morgan fingerprint density at radius 1 is 1.15 bits per heavy atom. The maximum atomic E-state index is 5.40. The Labute approximate surface area is 81.3 Å². The molecule has 0 saturated carbocycles. The van der Waals surface area contributed by atoms with E-state index in [9.17, 15) is 0 Å². The van der Waals surface area contributed by atoms with E-state index in [1.165, 1.54) is 25.8 Å². The van der Waals surface area contributed by atoms with Crippen LogP contribution < -0.4 is 0 Å². The van der Waals surface area contributed by atoms with Gasteiger partial charge in [-0.3, -0.25) is 4.90 Å². The van der Waals surface area contributed by atoms with E-state index in [0.717, 1.165) is 13.2 Å². The normalized spacial score (nSPS) is 28.8. The summed E-state index contributed by atoms with van der Waals surface area (Å²) in [6.07, 6.45) is 4.08. The van der Waals surface area contributed by atoms with E-state index in [1.54, 1.807) is 0 Å². The number of ether oxygens (including phenoxy) is 1. The lowest BCUT2D eigenvalue weighted by atomic mass is 9.81. The number of hydrogen-bond donors (Lipinski definition) is 0. The molecule has 0 atom stereocenters. The summed E-state index contributed by atoms with van der Waals surface area (Å²) in [4.78, 5) is 2.66. The van der Waals surface area contributed by atoms with Gasteiger partial charge in [0.15, 0.2) is 0 Å². The van der Waals surface area contributed by atoms with Crippen molar-refractivity contribution in [1.29, 1.82) is 0 Å². The molecule has 0 bridgehead atoms. The van der Waals surface area contributed by atoms with Crippen molar-refractivity contribution < 1.29 is 4.74 Å². The highest BCUT2D eigenvalue weighted by atomic mass is 16.5. The van der Waals surface area contributed by atoms with Gasteiger partial charge in [0.1, 0.15) is 0 Å². The molecule has 2 rings (SSSR count). The van der Waals surface area contributed by atoms with Gasteiger partial charge in [-0.25, -0.2) is 0 Å². The van der Waals surface area contributed by atoms with E-state index in [0.29, 0.717) is 11.1 Å². The molecule has 2 saturated heterocycles. The maximum absolute atomic E-state index is 5.40. The summed E-state index contributed by atoms with van der Waals surface area (Å²) in [5, 5.41) is 0. The van der Waals surface area contributed by atoms with Gasteiger partial charge in [0.05, 0.1) is 18.8 Å². The molecule has 0 aromatic carbocycles. The van der Waals surface area contributed by atoms with Crippen molar-refractivity contribution in [2.45, 2.75) is 51.1 Å². The Morgan fingerprint density at radius 3 is 2.23 bits per heavy atom. The fraction of sp³-hybridized carbons (Fsp3) is 1.00. The zero-order chi connectivity index (χ0) is 9.53. The zero-order valence-electron chi connectivity index (χ0n) is 9.10. The summed E-state index contributed by atoms with van der Waals surface area (Å²) in [5.41, 5.74) is 0.723. The Balaban J connectivity index is 2.14. The second-order valence-electron chi connectivity index (χ2n) is 5.50. The van der Waals surface area contributed by atoms with Crippen LogP contribution in [-0.2, 0) is 4.74 Å². The van der Waals surface area contributed by atoms with E-state index in [2.05, 4.69) is 25.7 Å². The molecule has 2 nitrogen and oxygen atoms in total. The second kappa shape index (κ2) is 2.96. The Hall–Kier alpha value is -0.0800. The number of rotatable bonds is 0. The smallest absolute Gasteiger partial charge is 0.0682 e. The predicted octanol–water partition coefficient (Wildman–Crippen LogP) is 2.04. The molecule has 13 heavy (non-hydrogen) atoms. The van der Waals surface area contributed by atoms with Gasteiger partial charge >= 0.3 is 0 Å². The van der Waals surface area contributed by atoms with Gasteiger partial charge < -0.3 is 4.74 Å². The summed E-state index contributed by atoms with van der Waals surface area (Å²) in [6.45, 7) is 10.1. The third kappa shape index (κ3) is 1.50. The molecule has 1 spiro atoms. The Bertz CT molecular complexity index is 191. The Kier molecular flexibility index (Phi) is 2.16. The standard InChI is InChI=1S/C11H21NO/c1-10(2,3)12-7-5-4-6-11(12)8-13-9-11/h4-9H2,1-3H3. The van der Waals surface area contributed by atoms with Crippen LogP contribution in [0.4, 0.5) is 0 Å². The second-order valence-corrected chi connectivity index (χ2v) is 5.50. The van der Waals surface area contributed by atoms with Crippen LogP contribution in [0.5, 0.6) is 0 Å². The van der Waals surface area contributed by atoms with Crippen LogP contribution in [-0.4, -0.2) is 35.7 Å². The molecule has 0 unspecified atom stereocenters. The van der Waals surface area contributed by atoms with Crippen molar-refractivity contribution in [3.05, 3.63) is 0 Å². The average molecular weight is 183 g/mol. The van der Waals surface area contributed by atoms with Gasteiger partial charge in [0.25, 0.3) is 0 Å². The quantitative estimate of drug-likeness (QED) is 0.570. The molecule has 76 valence electrons. The topological polar surface area (TPSA) is 12.5 Å². The minimum Gasteiger partial charge on any atom is -0.377 e. The van der Waals surface area contributed by atoms with E-state index in [1.807, 2.05) is 0 Å². The first-order valence-corrected chi connectivity index (χ1v) is 5.40. The SMILES string of the molecule is CC(C)(C)N1CCCCC12COC2. The molecule has 2 aliphatic heterocycles. The van der Waals surface area contributed by atoms with Crippen LogP contribution in [0, 0.1) is 0 Å². The minimum absolute atomic E-state index is 0.310. The molecular formula is C11H21NO. The van der Waals surface area contributed by atoms with Crippen molar-refractivity contribution in [3.8, 4) is 0 Å². The molecule has 0 aliphatic carbocycles. The number of hydrogen-bond acceptors (Lipinski definition) is 2. The molecule has 0 aromatic rings. The molecule has 0 amide bonds. The van der Waals surface area contributed by atoms with Gasteiger partial charge in [0.2, 0.25) is 0 Å². The van der Waals surface area contributed by atoms with E-state index < -0.39 is 0 Å². The fourth-order valence-electron chi connectivity index (χ4n) is 2.78. The van der Waals surface area contributed by atoms with Gasteiger partial charge in [-0.15, -0.1) is 0 Å². The number of nitrogens with zero attached hydrogens (tertiary/aromatic N) is 1. The molecule has 0 N–H and O–H groups in total. The van der Waals surface area contributed by atoms with Crippen LogP contribution in [0.15, 0.2) is 0 Å². The van der Waals surface area contributed by atoms with Crippen LogP contribution in [0.3, 0.4) is 0 Å². The third-order valence-electron chi connectivity index (χ3n) is 3.40. The number of likely N-dealkylation sites (tertiary alicyclic amines) is 1. The lowest BCUT2D eigenvalue weighted by Crippen LogP contribution is -2.68. The predicted molar refractivity (Wildman–Crippen MR) is 53.9 cm³/mol. The molecular weight excluding hydrogens is 162 g/mol. The van der Waals surface area contributed by atoms with E-state index in [-0.39, 0.29) is 0 Å². The Morgan fingerprint density at radius 2 is 1.85 bits per heavy atom. The summed E-state index contributed by atoms with van der Waals surface area (Å²) in [6, 6.07) is 0. The first-order chi connectivity index (χ1) is 6.05. The van der Waals surface area contributed by atoms with Crippen molar-refractivity contribution in [2.24, 2.45) is 0 Å². The monoisotopic (exact) mass is 183 g/mol. The summed E-state index contributed by atoms with van der Waals surface area (Å²) in [5.74, 6) is 0. The third-order valence-corrected chi connectivity index (χ3v) is 3.40. The van der Waals surface area contributed by atoms with Crippen molar-refractivity contribution in [2.75, 3.05) is 19.8 Å². The first-order valence-electron chi connectivity index (χ1n) is 5.40. The van der Waals surface area contributed by atoms with E-state index in [4.69, 9.17) is 4.74 Å². The molecule has 2 aliphatic rings. The highest BCUT2D eigenvalue weighted by molar-refractivity contribution is 5.02. The van der Waals surface area contributed by atoms with Crippen LogP contribution in [0.2, 0.25) is 0 Å². The van der Waals surface area contributed by atoms with Gasteiger partial charge in [-0.05, 0) is 40.2 Å². The molecule has 0 radical (unpaired) electrons. The van der Waals surface area contributed by atoms with Crippen molar-refractivity contribution in [1.82, 2.24) is 4.90 Å². The first kappa shape index (κ1) is 9.47. The lowest BCUT2D eigenvalue weighted by molar-refractivity contribution is -0.181. The fourth-order valence-corrected chi connectivity index (χ4v) is 2.78. The highest BCUT2D eigenvalue weighted by Gasteiger charge is 2.48. The molecule has 2 fully saturated rings. The van der Waals surface area contributed by atoms with Crippen molar-refractivity contribution >= 4 is 0 Å². The molecule has 2 heteroatoms. The highest BCUT2D eigenvalue weighted by Crippen LogP contribution is 2.38. The van der Waals surface area contributed by atoms with E-state index >= 15 is 0 Å². The van der Waals surface area contributed by atoms with Gasteiger partial charge in [-0.1, -0.05) is 6.42 Å². The number of piperidine rings is 1. The molecule has 0 aromatic heterocycles. The summed E-state index contributed by atoms with van der Waals surface area (Å²) in [7, 11) is 0. The van der Waals surface area contributed by atoms with Gasteiger partial charge in [0, 0.05) is 5.54 Å². The van der Waals surface area contributed by atoms with Crippen LogP contribution >= 0.6 is 0 Å². The largest absolute Gasteiger partial charge is 0.377 e. The van der Waals surface area contributed by atoms with Crippen molar-refractivity contribution in [3.63, 3.8) is 0 Å². The summed E-state index contributed by atoms with van der Waals surface area (Å²) >= 11 is 0. The average Bonchev–Trinajstić information content (AvgIpc) is 2.00.